The van der Waals surface area contributed by atoms with Crippen LogP contribution in [0.1, 0.15) is 38.1 Å². The van der Waals surface area contributed by atoms with Crippen molar-refractivity contribution in [2.75, 3.05) is 40.3 Å². The van der Waals surface area contributed by atoms with Gasteiger partial charge in [0.1, 0.15) is 11.9 Å². The molecule has 1 atom stereocenters. The van der Waals surface area contributed by atoms with E-state index in [-0.39, 0.29) is 16.8 Å². The van der Waals surface area contributed by atoms with E-state index in [1.165, 1.54) is 35.5 Å². The van der Waals surface area contributed by atoms with Crippen LogP contribution in [0.2, 0.25) is 0 Å². The average molecular weight is 497 g/mol. The lowest BCUT2D eigenvalue weighted by atomic mass is 9.98. The Labute approximate surface area is 201 Å². The molecule has 1 fully saturated rings. The third-order valence-corrected chi connectivity index (χ3v) is 6.71. The zero-order chi connectivity index (χ0) is 25.0. The zero-order valence-corrected chi connectivity index (χ0v) is 21.6. The Morgan fingerprint density at radius 3 is 2.09 bits per heavy atom. The number of Topliss-reactive ketones (excluding diaryl/α,β-unsaturated/α-hetero) is 1. The summed E-state index contributed by atoms with van der Waals surface area (Å²) in [6.45, 7) is 9.13. The summed E-state index contributed by atoms with van der Waals surface area (Å²) in [7, 11) is -0.497. The highest BCUT2D eigenvalue weighted by molar-refractivity contribution is 7.90. The monoisotopic (exact) mass is 496 g/mol. The van der Waals surface area contributed by atoms with Crippen LogP contribution in [0.5, 0.6) is 0 Å². The first-order valence-corrected chi connectivity index (χ1v) is 12.4. The van der Waals surface area contributed by atoms with E-state index in [4.69, 9.17) is 17.0 Å². The molecule has 1 saturated heterocycles. The van der Waals surface area contributed by atoms with E-state index >= 15 is 0 Å². The fraction of sp³-hybridized carbons (Fsp3) is 0.545. The lowest BCUT2D eigenvalue weighted by molar-refractivity contribution is 0.0186. The van der Waals surface area contributed by atoms with Crippen molar-refractivity contribution in [1.29, 1.82) is 0 Å². The lowest BCUT2D eigenvalue weighted by Crippen LogP contribution is -2.52. The molecule has 1 aromatic carbocycles. The fourth-order valence-electron chi connectivity index (χ4n) is 3.08. The minimum atomic E-state index is -3.84. The molecule has 1 aromatic rings. The second-order valence-corrected chi connectivity index (χ2v) is 11.1. The van der Waals surface area contributed by atoms with E-state index in [0.717, 1.165) is 0 Å². The molecule has 33 heavy (non-hydrogen) atoms. The second kappa shape index (κ2) is 10.6. The Morgan fingerprint density at radius 1 is 1.09 bits per heavy atom. The predicted molar refractivity (Wildman–Crippen MR) is 131 cm³/mol. The Balaban J connectivity index is 2.00. The summed E-state index contributed by atoms with van der Waals surface area (Å²) in [4.78, 5) is 30.8. The van der Waals surface area contributed by atoms with Gasteiger partial charge in [-0.1, -0.05) is 24.4 Å². The largest absolute Gasteiger partial charge is 0.444 e. The predicted octanol–water partition coefficient (Wildman–Crippen LogP) is 2.66. The van der Waals surface area contributed by atoms with Gasteiger partial charge in [-0.05, 0) is 39.8 Å². The molecule has 11 heteroatoms. The molecule has 182 valence electrons. The van der Waals surface area contributed by atoms with Crippen molar-refractivity contribution in [3.63, 3.8) is 0 Å². The standard InChI is InChI=1S/C22H32N4O5S2/c1-16(20(32)25-11-13-26(14-12-25)21(28)31-22(2,3)4)19(27)17-7-9-18(10-8-17)33(29,30)23-15-24(5)6/h7-10,15-16H,11-14H2,1-6H3/b23-15+. The fourth-order valence-corrected chi connectivity index (χ4v) is 4.28. The van der Waals surface area contributed by atoms with E-state index in [2.05, 4.69) is 4.40 Å². The van der Waals surface area contributed by atoms with Crippen LogP contribution in [-0.4, -0.2) is 92.2 Å². The lowest BCUT2D eigenvalue weighted by Gasteiger charge is -2.37. The number of sulfonamides is 1. The van der Waals surface area contributed by atoms with Gasteiger partial charge >= 0.3 is 6.09 Å². The number of hydrogen-bond acceptors (Lipinski definition) is 6. The van der Waals surface area contributed by atoms with Gasteiger partial charge in [0.2, 0.25) is 0 Å². The summed E-state index contributed by atoms with van der Waals surface area (Å²) < 4.78 is 33.5. The van der Waals surface area contributed by atoms with Gasteiger partial charge in [-0.3, -0.25) is 4.79 Å². The van der Waals surface area contributed by atoms with E-state index in [1.807, 2.05) is 25.7 Å². The van der Waals surface area contributed by atoms with Gasteiger partial charge in [-0.2, -0.15) is 8.42 Å². The number of hydrogen-bond donors (Lipinski definition) is 0. The van der Waals surface area contributed by atoms with Crippen molar-refractivity contribution in [3.05, 3.63) is 29.8 Å². The van der Waals surface area contributed by atoms with Crippen molar-refractivity contribution >= 4 is 45.4 Å². The SMILES string of the molecule is CC(C(=O)c1ccc(S(=O)(=O)/N=C/N(C)C)cc1)C(=S)N1CCN(C(=O)OC(C)(C)C)CC1. The number of thiocarbonyl (C=S) groups is 1. The van der Waals surface area contributed by atoms with Crippen molar-refractivity contribution < 1.29 is 22.7 Å². The molecule has 2 rings (SSSR count). The molecule has 1 unspecified atom stereocenters. The molecule has 0 radical (unpaired) electrons. The molecule has 1 aliphatic rings. The normalized spacial score (nSPS) is 15.9. The summed E-state index contributed by atoms with van der Waals surface area (Å²) in [5.74, 6) is -0.766. The Morgan fingerprint density at radius 2 is 1.61 bits per heavy atom. The minimum absolute atomic E-state index is 0.00523. The van der Waals surface area contributed by atoms with Crippen molar-refractivity contribution in [1.82, 2.24) is 14.7 Å². The van der Waals surface area contributed by atoms with Gasteiger partial charge in [0.15, 0.2) is 5.78 Å². The number of ketones is 1. The van der Waals surface area contributed by atoms with Crippen LogP contribution >= 0.6 is 12.2 Å². The highest BCUT2D eigenvalue weighted by Crippen LogP contribution is 2.19. The molecule has 0 saturated carbocycles. The number of nitrogens with zero attached hydrogens (tertiary/aromatic N) is 4. The van der Waals surface area contributed by atoms with Crippen molar-refractivity contribution in [2.24, 2.45) is 10.3 Å². The van der Waals surface area contributed by atoms with Gasteiger partial charge < -0.3 is 19.4 Å². The molecular weight excluding hydrogens is 464 g/mol. The molecule has 1 aliphatic heterocycles. The smallest absolute Gasteiger partial charge is 0.410 e. The number of rotatable bonds is 6. The van der Waals surface area contributed by atoms with Crippen LogP contribution in [0, 0.1) is 5.92 Å². The number of carbonyl (C=O) groups is 2. The maximum absolute atomic E-state index is 12.9. The van der Waals surface area contributed by atoms with Crippen LogP contribution in [-0.2, 0) is 14.8 Å². The molecule has 1 heterocycles. The number of carbonyl (C=O) groups excluding carboxylic acids is 2. The minimum Gasteiger partial charge on any atom is -0.444 e. The van der Waals surface area contributed by atoms with Crippen LogP contribution < -0.4 is 0 Å². The van der Waals surface area contributed by atoms with E-state index in [1.54, 1.807) is 25.9 Å². The molecule has 0 aromatic heterocycles. The molecule has 0 spiro atoms. The molecular formula is C22H32N4O5S2. The first-order chi connectivity index (χ1) is 15.2. The van der Waals surface area contributed by atoms with E-state index in [0.29, 0.717) is 36.7 Å². The summed E-state index contributed by atoms with van der Waals surface area (Å²) in [5, 5.41) is 0. The number of piperazine rings is 1. The van der Waals surface area contributed by atoms with Gasteiger partial charge in [0, 0.05) is 45.8 Å². The van der Waals surface area contributed by atoms with Crippen LogP contribution in [0.25, 0.3) is 0 Å². The average Bonchev–Trinajstić information content (AvgIpc) is 2.75. The molecule has 1 amide bonds. The summed E-state index contributed by atoms with van der Waals surface area (Å²) in [6.07, 6.45) is 0.847. The van der Waals surface area contributed by atoms with Crippen LogP contribution in [0.4, 0.5) is 4.79 Å². The summed E-state index contributed by atoms with van der Waals surface area (Å²) in [6, 6.07) is 5.68. The number of ether oxygens (including phenoxy) is 1. The first-order valence-electron chi connectivity index (χ1n) is 10.6. The summed E-state index contributed by atoms with van der Waals surface area (Å²) in [5.41, 5.74) is -0.189. The third-order valence-electron chi connectivity index (χ3n) is 4.86. The van der Waals surface area contributed by atoms with Crippen molar-refractivity contribution in [3.8, 4) is 0 Å². The highest BCUT2D eigenvalue weighted by atomic mass is 32.2. The summed E-state index contributed by atoms with van der Waals surface area (Å²) >= 11 is 5.56. The second-order valence-electron chi connectivity index (χ2n) is 9.06. The topological polar surface area (TPSA) is 99.6 Å². The molecule has 0 aliphatic carbocycles. The zero-order valence-electron chi connectivity index (χ0n) is 19.9. The first kappa shape index (κ1) is 26.7. The highest BCUT2D eigenvalue weighted by Gasteiger charge is 2.30. The maximum Gasteiger partial charge on any atom is 0.410 e. The molecule has 0 N–H and O–H groups in total. The Kier molecular flexibility index (Phi) is 8.58. The number of benzene rings is 1. The van der Waals surface area contributed by atoms with Gasteiger partial charge in [-0.15, -0.1) is 4.40 Å². The quantitative estimate of drug-likeness (QED) is 0.257. The van der Waals surface area contributed by atoms with Gasteiger partial charge in [0.25, 0.3) is 10.0 Å². The van der Waals surface area contributed by atoms with Gasteiger partial charge in [-0.25, -0.2) is 4.79 Å². The van der Waals surface area contributed by atoms with E-state index < -0.39 is 21.5 Å². The van der Waals surface area contributed by atoms with E-state index in [9.17, 15) is 18.0 Å². The Bertz CT molecular complexity index is 1010. The third kappa shape index (κ3) is 7.50. The van der Waals surface area contributed by atoms with Crippen molar-refractivity contribution in [2.45, 2.75) is 38.2 Å². The van der Waals surface area contributed by atoms with Gasteiger partial charge in [0.05, 0.1) is 15.8 Å². The maximum atomic E-state index is 12.9. The molecule has 9 nitrogen and oxygen atoms in total. The van der Waals surface area contributed by atoms with Crippen LogP contribution in [0.3, 0.4) is 0 Å². The number of amides is 1. The van der Waals surface area contributed by atoms with Crippen LogP contribution in [0.15, 0.2) is 33.6 Å². The Hall–Kier alpha value is -2.53. The molecule has 0 bridgehead atoms.